The van der Waals surface area contributed by atoms with Crippen LogP contribution in [0.15, 0.2) is 55.0 Å². The van der Waals surface area contributed by atoms with Gasteiger partial charge in [0.05, 0.1) is 28.7 Å². The molecule has 8 nitrogen and oxygen atoms in total. The third-order valence-corrected chi connectivity index (χ3v) is 4.78. The van der Waals surface area contributed by atoms with E-state index in [1.54, 1.807) is 0 Å². The maximum atomic E-state index is 10.2. The molecule has 0 bridgehead atoms. The minimum atomic E-state index is -1.05. The molecule has 4 rings (SSSR count). The van der Waals surface area contributed by atoms with Crippen molar-refractivity contribution < 1.29 is 10.2 Å². The molecule has 0 saturated heterocycles. The largest absolute Gasteiger partial charge is 0.374 e. The molecule has 8 heteroatoms. The number of aliphatic hydroxyl groups excluding tert-OH is 2. The van der Waals surface area contributed by atoms with Crippen LogP contribution in [0.4, 0.5) is 0 Å². The number of aliphatic hydroxyl groups is 2. The average Bonchev–Trinajstić information content (AvgIpc) is 3.17. The van der Waals surface area contributed by atoms with Gasteiger partial charge in [-0.3, -0.25) is 0 Å². The normalized spacial score (nSPS) is 18.6. The van der Waals surface area contributed by atoms with Gasteiger partial charge in [-0.15, -0.1) is 0 Å². The van der Waals surface area contributed by atoms with Crippen LogP contribution in [0.2, 0.25) is 0 Å². The first-order valence-corrected chi connectivity index (χ1v) is 9.13. The number of aromatic nitrogens is 3. The topological polar surface area (TPSA) is 119 Å². The van der Waals surface area contributed by atoms with E-state index in [0.717, 1.165) is 28.9 Å². The lowest BCUT2D eigenvalue weighted by Gasteiger charge is -2.26. The SMILES string of the molecule is Cc1nnc(C2=CNC(O)NC2O)cc1-n1ccc(Cc2ccc(C#N)cc2)c1. The third kappa shape index (κ3) is 4.02. The minimum absolute atomic E-state index is 0.494. The zero-order valence-corrected chi connectivity index (χ0v) is 15.7. The van der Waals surface area contributed by atoms with Crippen LogP contribution < -0.4 is 10.6 Å². The molecule has 1 aliphatic heterocycles. The number of benzene rings is 1. The molecule has 0 aliphatic carbocycles. The molecule has 29 heavy (non-hydrogen) atoms. The van der Waals surface area contributed by atoms with Crippen LogP contribution in [0.1, 0.15) is 28.1 Å². The van der Waals surface area contributed by atoms with Crippen molar-refractivity contribution in [3.63, 3.8) is 0 Å². The van der Waals surface area contributed by atoms with Gasteiger partial charge in [0.1, 0.15) is 6.23 Å². The molecule has 1 aromatic carbocycles. The average molecular weight is 388 g/mol. The quantitative estimate of drug-likeness (QED) is 0.530. The Morgan fingerprint density at radius 2 is 1.93 bits per heavy atom. The second kappa shape index (κ2) is 7.85. The van der Waals surface area contributed by atoms with Crippen molar-refractivity contribution in [3.05, 3.63) is 83.1 Å². The highest BCUT2D eigenvalue weighted by Gasteiger charge is 2.22. The summed E-state index contributed by atoms with van der Waals surface area (Å²) in [5.74, 6) is 0. The van der Waals surface area contributed by atoms with Crippen molar-refractivity contribution in [3.8, 4) is 11.8 Å². The highest BCUT2D eigenvalue weighted by atomic mass is 16.3. The Morgan fingerprint density at radius 3 is 2.66 bits per heavy atom. The number of hydrogen-bond acceptors (Lipinski definition) is 7. The Hall–Kier alpha value is -3.51. The number of aryl methyl sites for hydroxylation is 1. The van der Waals surface area contributed by atoms with Gasteiger partial charge in [0.25, 0.3) is 0 Å². The molecular formula is C21H20N6O2. The minimum Gasteiger partial charge on any atom is -0.374 e. The van der Waals surface area contributed by atoms with E-state index in [9.17, 15) is 10.2 Å². The van der Waals surface area contributed by atoms with E-state index < -0.39 is 12.6 Å². The van der Waals surface area contributed by atoms with Crippen molar-refractivity contribution >= 4 is 5.57 Å². The second-order valence-electron chi connectivity index (χ2n) is 6.85. The summed E-state index contributed by atoms with van der Waals surface area (Å²) in [5, 5.41) is 42.2. The number of rotatable bonds is 4. The van der Waals surface area contributed by atoms with Crippen molar-refractivity contribution in [2.75, 3.05) is 0 Å². The molecule has 2 unspecified atom stereocenters. The Labute approximate surface area is 167 Å². The lowest BCUT2D eigenvalue weighted by molar-refractivity contribution is 0.0482. The van der Waals surface area contributed by atoms with Crippen molar-refractivity contribution in [1.82, 2.24) is 25.4 Å². The lowest BCUT2D eigenvalue weighted by Crippen LogP contribution is -2.49. The first kappa shape index (κ1) is 18.8. The molecule has 0 amide bonds. The maximum absolute atomic E-state index is 10.2. The highest BCUT2D eigenvalue weighted by molar-refractivity contribution is 5.67. The summed E-state index contributed by atoms with van der Waals surface area (Å²) in [7, 11) is 0. The van der Waals surface area contributed by atoms with E-state index in [0.29, 0.717) is 16.8 Å². The zero-order chi connectivity index (χ0) is 20.4. The molecule has 2 aromatic heterocycles. The summed E-state index contributed by atoms with van der Waals surface area (Å²) in [4.78, 5) is 0. The van der Waals surface area contributed by atoms with Gasteiger partial charge in [-0.05, 0) is 48.7 Å². The second-order valence-corrected chi connectivity index (χ2v) is 6.85. The standard InChI is InChI=1S/C21H20N6O2/c1-13-19(9-18(26-25-13)17-11-23-21(29)24-20(17)28)27-7-6-16(12-27)8-14-2-4-15(10-22)5-3-14/h2-7,9,11-12,20-21,23-24,28-29H,8H2,1H3. The fraction of sp³-hybridized carbons (Fsp3) is 0.190. The van der Waals surface area contributed by atoms with Crippen molar-refractivity contribution in [2.24, 2.45) is 0 Å². The van der Waals surface area contributed by atoms with Gasteiger partial charge < -0.3 is 20.1 Å². The summed E-state index contributed by atoms with van der Waals surface area (Å²) >= 11 is 0. The Bertz CT molecular complexity index is 1100. The van der Waals surface area contributed by atoms with Gasteiger partial charge in [0.2, 0.25) is 0 Å². The summed E-state index contributed by atoms with van der Waals surface area (Å²) in [6.45, 7) is 1.87. The number of nitrogens with zero attached hydrogens (tertiary/aromatic N) is 4. The zero-order valence-electron chi connectivity index (χ0n) is 15.7. The maximum Gasteiger partial charge on any atom is 0.183 e. The van der Waals surface area contributed by atoms with E-state index in [-0.39, 0.29) is 0 Å². The molecule has 4 N–H and O–H groups in total. The molecule has 0 fully saturated rings. The Balaban J connectivity index is 1.59. The number of nitriles is 1. The van der Waals surface area contributed by atoms with Crippen LogP contribution >= 0.6 is 0 Å². The first-order chi connectivity index (χ1) is 14.0. The van der Waals surface area contributed by atoms with E-state index >= 15 is 0 Å². The molecule has 0 radical (unpaired) electrons. The molecule has 1 aliphatic rings. The van der Waals surface area contributed by atoms with E-state index in [1.165, 1.54) is 6.20 Å². The molecule has 3 heterocycles. The van der Waals surface area contributed by atoms with Gasteiger partial charge in [-0.25, -0.2) is 5.32 Å². The van der Waals surface area contributed by atoms with Crippen molar-refractivity contribution in [2.45, 2.75) is 25.9 Å². The van der Waals surface area contributed by atoms with Gasteiger partial charge in [0, 0.05) is 24.2 Å². The molecular weight excluding hydrogens is 368 g/mol. The van der Waals surface area contributed by atoms with Crippen LogP contribution in [0, 0.1) is 18.3 Å². The summed E-state index contributed by atoms with van der Waals surface area (Å²) in [5.41, 5.74) is 5.49. The van der Waals surface area contributed by atoms with Gasteiger partial charge >= 0.3 is 0 Å². The third-order valence-electron chi connectivity index (χ3n) is 4.78. The van der Waals surface area contributed by atoms with Crippen LogP contribution in [0.25, 0.3) is 11.3 Å². The Morgan fingerprint density at radius 1 is 1.14 bits per heavy atom. The van der Waals surface area contributed by atoms with Gasteiger partial charge in [-0.2, -0.15) is 15.5 Å². The highest BCUT2D eigenvalue weighted by Crippen LogP contribution is 2.22. The monoisotopic (exact) mass is 388 g/mol. The summed E-state index contributed by atoms with van der Waals surface area (Å²) < 4.78 is 1.97. The predicted molar refractivity (Wildman–Crippen MR) is 106 cm³/mol. The smallest absolute Gasteiger partial charge is 0.183 e. The molecule has 0 spiro atoms. The molecule has 146 valence electrons. The first-order valence-electron chi connectivity index (χ1n) is 9.13. The predicted octanol–water partition coefficient (Wildman–Crippen LogP) is 1.17. The molecule has 0 saturated carbocycles. The van der Waals surface area contributed by atoms with Crippen molar-refractivity contribution in [1.29, 1.82) is 5.26 Å². The van der Waals surface area contributed by atoms with Crippen LogP contribution in [0.3, 0.4) is 0 Å². The van der Waals surface area contributed by atoms with Gasteiger partial charge in [0.15, 0.2) is 6.35 Å². The fourth-order valence-corrected chi connectivity index (χ4v) is 3.22. The molecule has 3 aromatic rings. The summed E-state index contributed by atoms with van der Waals surface area (Å²) in [6, 6.07) is 13.6. The van der Waals surface area contributed by atoms with E-state index in [2.05, 4.69) is 26.9 Å². The Kier molecular flexibility index (Phi) is 5.10. The molecule has 2 atom stereocenters. The fourth-order valence-electron chi connectivity index (χ4n) is 3.22. The van der Waals surface area contributed by atoms with Crippen LogP contribution in [-0.4, -0.2) is 37.6 Å². The van der Waals surface area contributed by atoms with E-state index in [4.69, 9.17) is 5.26 Å². The van der Waals surface area contributed by atoms with Gasteiger partial charge in [-0.1, -0.05) is 12.1 Å². The van der Waals surface area contributed by atoms with Crippen LogP contribution in [0.5, 0.6) is 0 Å². The number of nitrogens with one attached hydrogen (secondary N) is 2. The lowest BCUT2D eigenvalue weighted by atomic mass is 10.1. The van der Waals surface area contributed by atoms with Crippen LogP contribution in [-0.2, 0) is 6.42 Å². The number of hydrogen-bond donors (Lipinski definition) is 4. The summed E-state index contributed by atoms with van der Waals surface area (Å²) in [6.07, 6.45) is 4.20. The van der Waals surface area contributed by atoms with E-state index in [1.807, 2.05) is 60.3 Å².